The standard InChI is InChI=1S/C19H21N3O3/c1-11-4-6-14(7-5-11)16-10-15(18(24)20-12(2)8-9-23)17-13(3)22-25-19(17)21-16/h4-7,10,12,23H,8-9H2,1-3H3,(H,20,24). The number of carbonyl (C=O) groups excluding carboxylic acids is 1. The van der Waals surface area contributed by atoms with E-state index in [1.54, 1.807) is 13.0 Å². The number of hydrogen-bond donors (Lipinski definition) is 2. The Bertz CT molecular complexity index is 900. The van der Waals surface area contributed by atoms with Crippen LogP contribution in [0.15, 0.2) is 34.9 Å². The number of nitrogens with one attached hydrogen (secondary N) is 1. The second-order valence-electron chi connectivity index (χ2n) is 6.26. The van der Waals surface area contributed by atoms with Crippen LogP contribution in [0.4, 0.5) is 0 Å². The molecule has 1 amide bonds. The van der Waals surface area contributed by atoms with Crippen molar-refractivity contribution in [3.8, 4) is 11.3 Å². The lowest BCUT2D eigenvalue weighted by atomic mass is 10.0. The number of aryl methyl sites for hydroxylation is 2. The minimum atomic E-state index is -0.229. The Labute approximate surface area is 145 Å². The molecule has 25 heavy (non-hydrogen) atoms. The molecule has 3 aromatic rings. The first-order chi connectivity index (χ1) is 12.0. The molecule has 0 aliphatic rings. The van der Waals surface area contributed by atoms with Crippen LogP contribution in [0.25, 0.3) is 22.4 Å². The molecule has 6 heteroatoms. The molecule has 1 aromatic carbocycles. The largest absolute Gasteiger partial charge is 0.396 e. The molecule has 130 valence electrons. The zero-order valence-corrected chi connectivity index (χ0v) is 14.5. The molecule has 2 N–H and O–H groups in total. The van der Waals surface area contributed by atoms with E-state index in [0.717, 1.165) is 11.1 Å². The Kier molecular flexibility index (Phi) is 4.81. The number of amides is 1. The summed E-state index contributed by atoms with van der Waals surface area (Å²) in [5.74, 6) is -0.229. The third-order valence-electron chi connectivity index (χ3n) is 4.15. The lowest BCUT2D eigenvalue weighted by Gasteiger charge is -2.13. The fourth-order valence-electron chi connectivity index (χ4n) is 2.71. The van der Waals surface area contributed by atoms with Crippen LogP contribution in [0.5, 0.6) is 0 Å². The zero-order chi connectivity index (χ0) is 18.0. The highest BCUT2D eigenvalue weighted by molar-refractivity contribution is 6.07. The van der Waals surface area contributed by atoms with Crippen molar-refractivity contribution in [1.82, 2.24) is 15.5 Å². The van der Waals surface area contributed by atoms with Crippen LogP contribution in [-0.4, -0.2) is 33.8 Å². The molecule has 0 saturated heterocycles. The molecule has 0 aliphatic heterocycles. The maximum absolute atomic E-state index is 12.7. The van der Waals surface area contributed by atoms with Crippen LogP contribution >= 0.6 is 0 Å². The van der Waals surface area contributed by atoms with Crippen molar-refractivity contribution in [1.29, 1.82) is 0 Å². The fraction of sp³-hybridized carbons (Fsp3) is 0.316. The summed E-state index contributed by atoms with van der Waals surface area (Å²) in [6.07, 6.45) is 0.493. The molecule has 0 radical (unpaired) electrons. The molecular weight excluding hydrogens is 318 g/mol. The van der Waals surface area contributed by atoms with E-state index >= 15 is 0 Å². The number of rotatable bonds is 5. The Balaban J connectivity index is 2.07. The van der Waals surface area contributed by atoms with Gasteiger partial charge in [0.05, 0.1) is 22.3 Å². The molecule has 2 aromatic heterocycles. The van der Waals surface area contributed by atoms with Crippen LogP contribution in [0.1, 0.15) is 35.0 Å². The molecule has 2 heterocycles. The van der Waals surface area contributed by atoms with Crippen molar-refractivity contribution in [3.63, 3.8) is 0 Å². The first-order valence-electron chi connectivity index (χ1n) is 8.25. The third-order valence-corrected chi connectivity index (χ3v) is 4.15. The average molecular weight is 339 g/mol. The van der Waals surface area contributed by atoms with Gasteiger partial charge in [-0.15, -0.1) is 0 Å². The number of carbonyl (C=O) groups is 1. The third kappa shape index (κ3) is 3.53. The van der Waals surface area contributed by atoms with Gasteiger partial charge in [-0.3, -0.25) is 4.79 Å². The Hall–Kier alpha value is -2.73. The van der Waals surface area contributed by atoms with Crippen LogP contribution in [0, 0.1) is 13.8 Å². The highest BCUT2D eigenvalue weighted by atomic mass is 16.5. The first-order valence-corrected chi connectivity index (χ1v) is 8.25. The van der Waals surface area contributed by atoms with Gasteiger partial charge >= 0.3 is 0 Å². The van der Waals surface area contributed by atoms with E-state index in [1.807, 2.05) is 38.1 Å². The van der Waals surface area contributed by atoms with Gasteiger partial charge in [-0.25, -0.2) is 4.98 Å². The van der Waals surface area contributed by atoms with Gasteiger partial charge in [0.2, 0.25) is 0 Å². The lowest BCUT2D eigenvalue weighted by molar-refractivity contribution is 0.0936. The van der Waals surface area contributed by atoms with E-state index in [2.05, 4.69) is 15.5 Å². The minimum absolute atomic E-state index is 0.0219. The Morgan fingerprint density at radius 1 is 1.28 bits per heavy atom. The van der Waals surface area contributed by atoms with Crippen molar-refractivity contribution < 1.29 is 14.4 Å². The monoisotopic (exact) mass is 339 g/mol. The second-order valence-corrected chi connectivity index (χ2v) is 6.26. The number of benzene rings is 1. The summed E-state index contributed by atoms with van der Waals surface area (Å²) in [5.41, 5.74) is 4.15. The van der Waals surface area contributed by atoms with E-state index < -0.39 is 0 Å². The topological polar surface area (TPSA) is 88.2 Å². The number of hydrogen-bond acceptors (Lipinski definition) is 5. The van der Waals surface area contributed by atoms with Crippen molar-refractivity contribution in [2.45, 2.75) is 33.2 Å². The SMILES string of the molecule is Cc1ccc(-c2cc(C(=O)NC(C)CCO)c3c(C)noc3n2)cc1. The van der Waals surface area contributed by atoms with Gasteiger partial charge in [0.15, 0.2) is 0 Å². The quantitative estimate of drug-likeness (QED) is 0.746. The number of aliphatic hydroxyl groups is 1. The van der Waals surface area contributed by atoms with Gasteiger partial charge in [-0.05, 0) is 33.3 Å². The highest BCUT2D eigenvalue weighted by Gasteiger charge is 2.20. The fourth-order valence-corrected chi connectivity index (χ4v) is 2.71. The van der Waals surface area contributed by atoms with Gasteiger partial charge in [-0.1, -0.05) is 35.0 Å². The summed E-state index contributed by atoms with van der Waals surface area (Å²) < 4.78 is 5.30. The smallest absolute Gasteiger partial charge is 0.259 e. The van der Waals surface area contributed by atoms with Crippen molar-refractivity contribution in [2.24, 2.45) is 0 Å². The summed E-state index contributed by atoms with van der Waals surface area (Å²) in [6.45, 7) is 5.68. The number of pyridine rings is 1. The summed E-state index contributed by atoms with van der Waals surface area (Å²) in [4.78, 5) is 17.2. The lowest BCUT2D eigenvalue weighted by Crippen LogP contribution is -2.33. The molecule has 0 spiro atoms. The second kappa shape index (κ2) is 7.03. The molecule has 0 aliphatic carbocycles. The number of nitrogens with zero attached hydrogens (tertiary/aromatic N) is 2. The number of fused-ring (bicyclic) bond motifs is 1. The van der Waals surface area contributed by atoms with Crippen molar-refractivity contribution >= 4 is 17.0 Å². The van der Waals surface area contributed by atoms with E-state index in [-0.39, 0.29) is 18.6 Å². The van der Waals surface area contributed by atoms with Gasteiger partial charge in [0, 0.05) is 18.2 Å². The number of aliphatic hydroxyl groups excluding tert-OH is 1. The highest BCUT2D eigenvalue weighted by Crippen LogP contribution is 2.27. The molecule has 0 saturated carbocycles. The van der Waals surface area contributed by atoms with Crippen LogP contribution in [0.3, 0.4) is 0 Å². The predicted molar refractivity (Wildman–Crippen MR) is 95.3 cm³/mol. The van der Waals surface area contributed by atoms with Crippen LogP contribution < -0.4 is 5.32 Å². The van der Waals surface area contributed by atoms with Crippen LogP contribution in [0.2, 0.25) is 0 Å². The molecule has 6 nitrogen and oxygen atoms in total. The average Bonchev–Trinajstić information content (AvgIpc) is 2.96. The van der Waals surface area contributed by atoms with Gasteiger partial charge in [0.1, 0.15) is 0 Å². The van der Waals surface area contributed by atoms with Gasteiger partial charge in [0.25, 0.3) is 11.6 Å². The maximum Gasteiger partial charge on any atom is 0.259 e. The zero-order valence-electron chi connectivity index (χ0n) is 14.5. The predicted octanol–water partition coefficient (Wildman–Crippen LogP) is 3.01. The molecule has 1 atom stereocenters. The van der Waals surface area contributed by atoms with E-state index in [4.69, 9.17) is 9.63 Å². The van der Waals surface area contributed by atoms with E-state index in [0.29, 0.717) is 34.5 Å². The summed E-state index contributed by atoms with van der Waals surface area (Å²) in [7, 11) is 0. The van der Waals surface area contributed by atoms with Gasteiger partial charge < -0.3 is 14.9 Å². The van der Waals surface area contributed by atoms with Crippen molar-refractivity contribution in [2.75, 3.05) is 6.61 Å². The molecule has 3 rings (SSSR count). The van der Waals surface area contributed by atoms with E-state index in [9.17, 15) is 4.79 Å². The minimum Gasteiger partial charge on any atom is -0.396 e. The van der Waals surface area contributed by atoms with Crippen LogP contribution in [-0.2, 0) is 0 Å². The molecular formula is C19H21N3O3. The maximum atomic E-state index is 12.7. The number of aromatic nitrogens is 2. The Morgan fingerprint density at radius 3 is 2.68 bits per heavy atom. The van der Waals surface area contributed by atoms with Crippen molar-refractivity contribution in [3.05, 3.63) is 47.2 Å². The Morgan fingerprint density at radius 2 is 2.00 bits per heavy atom. The summed E-state index contributed by atoms with van der Waals surface area (Å²) in [5, 5.41) is 16.5. The molecule has 0 fully saturated rings. The summed E-state index contributed by atoms with van der Waals surface area (Å²) >= 11 is 0. The molecule has 1 unspecified atom stereocenters. The first kappa shape index (κ1) is 17.1. The summed E-state index contributed by atoms with van der Waals surface area (Å²) in [6, 6.07) is 9.54. The molecule has 0 bridgehead atoms. The van der Waals surface area contributed by atoms with Gasteiger partial charge in [-0.2, -0.15) is 0 Å². The van der Waals surface area contributed by atoms with E-state index in [1.165, 1.54) is 0 Å². The normalized spacial score (nSPS) is 12.3.